The Morgan fingerprint density at radius 2 is 1.85 bits per heavy atom. The van der Waals surface area contributed by atoms with E-state index in [9.17, 15) is 0 Å². The number of hydrogen-bond acceptors (Lipinski definition) is 2. The van der Waals surface area contributed by atoms with Gasteiger partial charge in [-0.2, -0.15) is 0 Å². The van der Waals surface area contributed by atoms with Gasteiger partial charge in [-0.3, -0.25) is 4.90 Å². The van der Waals surface area contributed by atoms with E-state index in [-0.39, 0.29) is 0 Å². The van der Waals surface area contributed by atoms with Crippen LogP contribution in [0.15, 0.2) is 12.2 Å². The topological polar surface area (TPSA) is 15.3 Å². The van der Waals surface area contributed by atoms with Crippen LogP contribution in [0.4, 0.5) is 0 Å². The molecular formula is C18H34N2. The number of piperazine rings is 1. The molecule has 0 spiro atoms. The number of rotatable bonds is 3. The maximum atomic E-state index is 3.85. The Balaban J connectivity index is 2.02. The van der Waals surface area contributed by atoms with Crippen LogP contribution in [0, 0.1) is 11.3 Å². The van der Waals surface area contributed by atoms with Gasteiger partial charge in [-0.1, -0.05) is 52.2 Å². The first-order chi connectivity index (χ1) is 9.52. The zero-order valence-corrected chi connectivity index (χ0v) is 14.0. The zero-order chi connectivity index (χ0) is 14.6. The van der Waals surface area contributed by atoms with Crippen molar-refractivity contribution >= 4 is 0 Å². The average Bonchev–Trinajstić information content (AvgIpc) is 2.45. The molecule has 0 aromatic heterocycles. The van der Waals surface area contributed by atoms with Crippen LogP contribution < -0.4 is 5.32 Å². The first kappa shape index (κ1) is 16.0. The van der Waals surface area contributed by atoms with E-state index in [1.54, 1.807) is 0 Å². The molecule has 2 nitrogen and oxygen atoms in total. The standard InChI is InChI=1S/C18H34N2/c1-5-6-12-20-14-17(18(2,3)4)19-13-16(20)15-10-8-7-9-11-15/h5-6,15-17,19H,7-14H2,1-4H3/b6-5+. The van der Waals surface area contributed by atoms with Gasteiger partial charge in [0.05, 0.1) is 0 Å². The maximum absolute atomic E-state index is 3.85. The van der Waals surface area contributed by atoms with Crippen LogP contribution in [-0.2, 0) is 0 Å². The first-order valence-electron chi connectivity index (χ1n) is 8.61. The second-order valence-electron chi connectivity index (χ2n) is 7.82. The van der Waals surface area contributed by atoms with Crippen molar-refractivity contribution in [2.45, 2.75) is 71.9 Å². The normalized spacial score (nSPS) is 31.0. The molecule has 0 bridgehead atoms. The minimum absolute atomic E-state index is 0.353. The van der Waals surface area contributed by atoms with Gasteiger partial charge in [-0.15, -0.1) is 0 Å². The highest BCUT2D eigenvalue weighted by molar-refractivity contribution is 4.97. The highest BCUT2D eigenvalue weighted by atomic mass is 15.2. The lowest BCUT2D eigenvalue weighted by atomic mass is 9.79. The van der Waals surface area contributed by atoms with Crippen molar-refractivity contribution in [3.05, 3.63) is 12.2 Å². The summed E-state index contributed by atoms with van der Waals surface area (Å²) in [6.45, 7) is 12.7. The molecule has 2 fully saturated rings. The Bertz CT molecular complexity index is 310. The summed E-state index contributed by atoms with van der Waals surface area (Å²) < 4.78 is 0. The molecule has 0 aromatic carbocycles. The number of nitrogens with zero attached hydrogens (tertiary/aromatic N) is 1. The molecule has 1 N–H and O–H groups in total. The SMILES string of the molecule is C/C=C/CN1CC(C(C)(C)C)NCC1C1CCCCC1. The quantitative estimate of drug-likeness (QED) is 0.789. The Morgan fingerprint density at radius 3 is 2.45 bits per heavy atom. The smallest absolute Gasteiger partial charge is 0.0252 e. The van der Waals surface area contributed by atoms with Crippen molar-refractivity contribution in [3.8, 4) is 0 Å². The fraction of sp³-hybridized carbons (Fsp3) is 0.889. The van der Waals surface area contributed by atoms with Crippen molar-refractivity contribution in [2.24, 2.45) is 11.3 Å². The molecule has 1 heterocycles. The molecule has 2 aliphatic rings. The molecule has 1 saturated heterocycles. The zero-order valence-electron chi connectivity index (χ0n) is 14.0. The molecule has 2 heteroatoms. The van der Waals surface area contributed by atoms with E-state index in [4.69, 9.17) is 0 Å². The van der Waals surface area contributed by atoms with E-state index >= 15 is 0 Å². The summed E-state index contributed by atoms with van der Waals surface area (Å²) in [5.74, 6) is 0.919. The third-order valence-corrected chi connectivity index (χ3v) is 5.27. The predicted octanol–water partition coefficient (Wildman–Crippen LogP) is 3.83. The van der Waals surface area contributed by atoms with Gasteiger partial charge in [-0.05, 0) is 31.1 Å². The molecule has 1 aliphatic carbocycles. The first-order valence-corrected chi connectivity index (χ1v) is 8.61. The van der Waals surface area contributed by atoms with Crippen LogP contribution in [0.3, 0.4) is 0 Å². The molecule has 1 aliphatic heterocycles. The van der Waals surface area contributed by atoms with E-state index in [0.717, 1.165) is 18.5 Å². The minimum Gasteiger partial charge on any atom is -0.311 e. The van der Waals surface area contributed by atoms with E-state index < -0.39 is 0 Å². The number of hydrogen-bond donors (Lipinski definition) is 1. The van der Waals surface area contributed by atoms with E-state index in [0.29, 0.717) is 11.5 Å². The van der Waals surface area contributed by atoms with Gasteiger partial charge in [0.25, 0.3) is 0 Å². The van der Waals surface area contributed by atoms with Crippen LogP contribution in [0.5, 0.6) is 0 Å². The summed E-state index contributed by atoms with van der Waals surface area (Å²) in [6, 6.07) is 1.37. The largest absolute Gasteiger partial charge is 0.311 e. The van der Waals surface area contributed by atoms with Crippen LogP contribution in [-0.4, -0.2) is 36.6 Å². The van der Waals surface area contributed by atoms with Gasteiger partial charge in [0, 0.05) is 31.7 Å². The Labute approximate surface area is 126 Å². The summed E-state index contributed by atoms with van der Waals surface area (Å²) in [6.07, 6.45) is 11.8. The Kier molecular flexibility index (Phi) is 5.68. The van der Waals surface area contributed by atoms with Crippen LogP contribution >= 0.6 is 0 Å². The van der Waals surface area contributed by atoms with E-state index in [1.807, 2.05) is 0 Å². The number of nitrogens with one attached hydrogen (secondary N) is 1. The average molecular weight is 278 g/mol. The summed E-state index contributed by atoms with van der Waals surface area (Å²) in [5.41, 5.74) is 0.353. The van der Waals surface area contributed by atoms with Gasteiger partial charge in [0.1, 0.15) is 0 Å². The fourth-order valence-corrected chi connectivity index (χ4v) is 3.84. The maximum Gasteiger partial charge on any atom is 0.0252 e. The van der Waals surface area contributed by atoms with Gasteiger partial charge in [0.2, 0.25) is 0 Å². The molecule has 0 aromatic rings. The highest BCUT2D eigenvalue weighted by Gasteiger charge is 2.37. The molecule has 116 valence electrons. The fourth-order valence-electron chi connectivity index (χ4n) is 3.84. The van der Waals surface area contributed by atoms with Crippen molar-refractivity contribution in [3.63, 3.8) is 0 Å². The molecule has 1 saturated carbocycles. The van der Waals surface area contributed by atoms with Crippen molar-refractivity contribution in [2.75, 3.05) is 19.6 Å². The summed E-state index contributed by atoms with van der Waals surface area (Å²) in [7, 11) is 0. The van der Waals surface area contributed by atoms with Gasteiger partial charge in [0.15, 0.2) is 0 Å². The molecule has 2 atom stereocenters. The summed E-state index contributed by atoms with van der Waals surface area (Å²) in [4.78, 5) is 2.75. The molecular weight excluding hydrogens is 244 g/mol. The van der Waals surface area contributed by atoms with Crippen LogP contribution in [0.2, 0.25) is 0 Å². The van der Waals surface area contributed by atoms with Crippen molar-refractivity contribution in [1.29, 1.82) is 0 Å². The third kappa shape index (κ3) is 4.08. The predicted molar refractivity (Wildman–Crippen MR) is 88.0 cm³/mol. The summed E-state index contributed by atoms with van der Waals surface area (Å²) in [5, 5.41) is 3.85. The van der Waals surface area contributed by atoms with Gasteiger partial charge < -0.3 is 5.32 Å². The Hall–Kier alpha value is -0.340. The molecule has 0 radical (unpaired) electrons. The van der Waals surface area contributed by atoms with Crippen LogP contribution in [0.1, 0.15) is 59.8 Å². The van der Waals surface area contributed by atoms with Crippen molar-refractivity contribution < 1.29 is 0 Å². The van der Waals surface area contributed by atoms with Gasteiger partial charge >= 0.3 is 0 Å². The lowest BCUT2D eigenvalue weighted by Gasteiger charge is -2.48. The van der Waals surface area contributed by atoms with Gasteiger partial charge in [-0.25, -0.2) is 0 Å². The second-order valence-corrected chi connectivity index (χ2v) is 7.82. The van der Waals surface area contributed by atoms with E-state index in [2.05, 4.69) is 50.1 Å². The van der Waals surface area contributed by atoms with E-state index in [1.165, 1.54) is 45.2 Å². The lowest BCUT2D eigenvalue weighted by Crippen LogP contribution is -2.62. The molecule has 2 rings (SSSR count). The molecule has 2 unspecified atom stereocenters. The summed E-state index contributed by atoms with van der Waals surface area (Å²) >= 11 is 0. The van der Waals surface area contributed by atoms with Crippen molar-refractivity contribution in [1.82, 2.24) is 10.2 Å². The number of allylic oxidation sites excluding steroid dienone is 1. The third-order valence-electron chi connectivity index (χ3n) is 5.27. The molecule has 0 amide bonds. The minimum atomic E-state index is 0.353. The monoisotopic (exact) mass is 278 g/mol. The lowest BCUT2D eigenvalue weighted by molar-refractivity contribution is 0.0530. The Morgan fingerprint density at radius 1 is 1.15 bits per heavy atom. The molecule has 20 heavy (non-hydrogen) atoms. The second kappa shape index (κ2) is 7.09. The van der Waals surface area contributed by atoms with Crippen LogP contribution in [0.25, 0.3) is 0 Å². The highest BCUT2D eigenvalue weighted by Crippen LogP contribution is 2.32.